The molecule has 23 heavy (non-hydrogen) atoms. The third-order valence-electron chi connectivity index (χ3n) is 4.55. The second kappa shape index (κ2) is 6.54. The molecule has 3 rings (SSSR count). The van der Waals surface area contributed by atoms with Crippen molar-refractivity contribution in [1.29, 1.82) is 0 Å². The summed E-state index contributed by atoms with van der Waals surface area (Å²) in [7, 11) is 4.06. The van der Waals surface area contributed by atoms with Gasteiger partial charge in [0.1, 0.15) is 11.6 Å². The Morgan fingerprint density at radius 3 is 2.78 bits per heavy atom. The van der Waals surface area contributed by atoms with Gasteiger partial charge in [-0.2, -0.15) is 4.98 Å². The van der Waals surface area contributed by atoms with Crippen molar-refractivity contribution < 1.29 is 0 Å². The molecule has 7 heteroatoms. The van der Waals surface area contributed by atoms with Crippen LogP contribution in [0.25, 0.3) is 0 Å². The highest BCUT2D eigenvalue weighted by atomic mass is 15.2. The number of nitrogens with two attached hydrogens (primary N) is 2. The molecule has 0 aromatic carbocycles. The van der Waals surface area contributed by atoms with Crippen LogP contribution in [-0.4, -0.2) is 39.2 Å². The maximum absolute atomic E-state index is 5.88. The maximum atomic E-state index is 5.88. The highest BCUT2D eigenvalue weighted by Gasteiger charge is 2.29. The Hall–Kier alpha value is -2.15. The van der Waals surface area contributed by atoms with Crippen LogP contribution in [0.2, 0.25) is 0 Å². The molecule has 2 aromatic heterocycles. The molecular weight excluding hydrogens is 290 g/mol. The van der Waals surface area contributed by atoms with Crippen molar-refractivity contribution in [3.05, 3.63) is 30.0 Å². The molecule has 0 amide bonds. The normalized spacial score (nSPS) is 20.3. The van der Waals surface area contributed by atoms with Gasteiger partial charge in [0.2, 0.25) is 5.95 Å². The lowest BCUT2D eigenvalue weighted by atomic mass is 9.78. The minimum Gasteiger partial charge on any atom is -0.368 e. The fraction of sp³-hybridized carbons (Fsp3) is 0.562. The van der Waals surface area contributed by atoms with Crippen LogP contribution in [0, 0.1) is 0 Å². The number of nitrogens with zero attached hydrogens (tertiary/aromatic N) is 5. The second-order valence-electron chi connectivity index (χ2n) is 6.42. The van der Waals surface area contributed by atoms with Crippen LogP contribution in [0.4, 0.5) is 11.8 Å². The number of nitrogen functional groups attached to an aromatic ring is 1. The molecule has 2 heterocycles. The Morgan fingerprint density at radius 2 is 2.13 bits per heavy atom. The molecule has 0 saturated heterocycles. The van der Waals surface area contributed by atoms with Gasteiger partial charge in [0.15, 0.2) is 0 Å². The Labute approximate surface area is 136 Å². The largest absolute Gasteiger partial charge is 0.368 e. The van der Waals surface area contributed by atoms with Gasteiger partial charge in [-0.1, -0.05) is 0 Å². The molecule has 1 fully saturated rings. The lowest BCUT2D eigenvalue weighted by Gasteiger charge is -2.32. The number of rotatable bonds is 6. The van der Waals surface area contributed by atoms with Crippen LogP contribution in [0.5, 0.6) is 0 Å². The van der Waals surface area contributed by atoms with Crippen molar-refractivity contribution in [2.45, 2.75) is 37.6 Å². The van der Waals surface area contributed by atoms with Crippen molar-refractivity contribution in [3.8, 4) is 0 Å². The molecule has 1 saturated carbocycles. The average molecular weight is 315 g/mol. The quantitative estimate of drug-likeness (QED) is 0.827. The summed E-state index contributed by atoms with van der Waals surface area (Å²) in [4.78, 5) is 15.2. The van der Waals surface area contributed by atoms with E-state index in [4.69, 9.17) is 11.5 Å². The van der Waals surface area contributed by atoms with Crippen LogP contribution in [-0.2, 0) is 13.5 Å². The van der Waals surface area contributed by atoms with Crippen LogP contribution >= 0.6 is 0 Å². The summed E-state index contributed by atoms with van der Waals surface area (Å²) in [5.41, 5.74) is 12.8. The summed E-state index contributed by atoms with van der Waals surface area (Å²) in [6.45, 7) is 0.896. The third kappa shape index (κ3) is 3.61. The van der Waals surface area contributed by atoms with Gasteiger partial charge in [0.05, 0.1) is 5.69 Å². The van der Waals surface area contributed by atoms with Gasteiger partial charge < -0.3 is 20.9 Å². The first-order chi connectivity index (χ1) is 11.0. The zero-order chi connectivity index (χ0) is 16.4. The smallest absolute Gasteiger partial charge is 0.222 e. The van der Waals surface area contributed by atoms with E-state index in [-0.39, 0.29) is 0 Å². The Morgan fingerprint density at radius 1 is 1.35 bits per heavy atom. The summed E-state index contributed by atoms with van der Waals surface area (Å²) in [6.07, 6.45) is 7.73. The van der Waals surface area contributed by atoms with Gasteiger partial charge in [-0.15, -0.1) is 0 Å². The molecule has 0 radical (unpaired) electrons. The highest BCUT2D eigenvalue weighted by Crippen LogP contribution is 2.35. The highest BCUT2D eigenvalue weighted by molar-refractivity contribution is 5.44. The number of aromatic nitrogens is 4. The predicted octanol–water partition coefficient (Wildman–Crippen LogP) is 1.07. The minimum atomic E-state index is 0.301. The molecular formula is C16H25N7. The zero-order valence-corrected chi connectivity index (χ0v) is 13.8. The maximum Gasteiger partial charge on any atom is 0.222 e. The summed E-state index contributed by atoms with van der Waals surface area (Å²) in [5.74, 6) is 2.75. The lowest BCUT2D eigenvalue weighted by Crippen LogP contribution is -2.35. The molecule has 2 aromatic rings. The molecule has 1 aliphatic rings. The molecule has 0 aliphatic heterocycles. The predicted molar refractivity (Wildman–Crippen MR) is 91.2 cm³/mol. The van der Waals surface area contributed by atoms with Crippen LogP contribution in [0.3, 0.4) is 0 Å². The monoisotopic (exact) mass is 315 g/mol. The number of anilines is 2. The van der Waals surface area contributed by atoms with Gasteiger partial charge in [-0.05, 0) is 19.3 Å². The molecule has 0 unspecified atom stereocenters. The second-order valence-corrected chi connectivity index (χ2v) is 6.42. The SMILES string of the molecule is CN(CCCc1nccn1C)c1cc(C2CC(N)C2)nc(N)n1. The van der Waals surface area contributed by atoms with E-state index in [1.54, 1.807) is 0 Å². The number of aryl methyl sites for hydroxylation is 2. The van der Waals surface area contributed by atoms with E-state index in [0.29, 0.717) is 17.9 Å². The molecule has 0 bridgehead atoms. The molecule has 7 nitrogen and oxygen atoms in total. The fourth-order valence-corrected chi connectivity index (χ4v) is 3.01. The van der Waals surface area contributed by atoms with Crippen molar-refractivity contribution in [2.75, 3.05) is 24.2 Å². The van der Waals surface area contributed by atoms with E-state index in [1.807, 2.05) is 32.6 Å². The van der Waals surface area contributed by atoms with E-state index in [2.05, 4.69) is 24.4 Å². The van der Waals surface area contributed by atoms with E-state index < -0.39 is 0 Å². The summed E-state index contributed by atoms with van der Waals surface area (Å²) < 4.78 is 2.06. The van der Waals surface area contributed by atoms with Crippen molar-refractivity contribution in [1.82, 2.24) is 19.5 Å². The number of hydrogen-bond acceptors (Lipinski definition) is 6. The number of hydrogen-bond donors (Lipinski definition) is 2. The first-order valence-electron chi connectivity index (χ1n) is 8.10. The van der Waals surface area contributed by atoms with Crippen molar-refractivity contribution in [2.24, 2.45) is 12.8 Å². The van der Waals surface area contributed by atoms with Gasteiger partial charge >= 0.3 is 0 Å². The van der Waals surface area contributed by atoms with Gasteiger partial charge in [-0.25, -0.2) is 9.97 Å². The standard InChI is InChI=1S/C16H25N7/c1-22(6-3-4-14-19-5-7-23(14)2)15-10-13(20-16(18)21-15)11-8-12(17)9-11/h5,7,10-12H,3-4,6,8-9,17H2,1-2H3,(H2,18,20,21). The molecule has 0 spiro atoms. The third-order valence-corrected chi connectivity index (χ3v) is 4.55. The number of imidazole rings is 1. The fourth-order valence-electron chi connectivity index (χ4n) is 3.01. The van der Waals surface area contributed by atoms with Crippen LogP contribution < -0.4 is 16.4 Å². The summed E-state index contributed by atoms with van der Waals surface area (Å²) >= 11 is 0. The first-order valence-corrected chi connectivity index (χ1v) is 8.10. The lowest BCUT2D eigenvalue weighted by molar-refractivity contribution is 0.345. The topological polar surface area (TPSA) is 98.9 Å². The molecule has 124 valence electrons. The molecule has 4 N–H and O–H groups in total. The minimum absolute atomic E-state index is 0.301. The Balaban J connectivity index is 1.60. The van der Waals surface area contributed by atoms with Crippen molar-refractivity contribution >= 4 is 11.8 Å². The Bertz CT molecular complexity index is 660. The van der Waals surface area contributed by atoms with Gasteiger partial charge in [0, 0.05) is 57.5 Å². The molecule has 1 aliphatic carbocycles. The summed E-state index contributed by atoms with van der Waals surface area (Å²) in [5, 5.41) is 0. The van der Waals surface area contributed by atoms with Gasteiger partial charge in [0.25, 0.3) is 0 Å². The van der Waals surface area contributed by atoms with E-state index >= 15 is 0 Å². The summed E-state index contributed by atoms with van der Waals surface area (Å²) in [6, 6.07) is 2.35. The molecule has 0 atom stereocenters. The zero-order valence-electron chi connectivity index (χ0n) is 13.8. The van der Waals surface area contributed by atoms with Crippen LogP contribution in [0.1, 0.15) is 36.7 Å². The Kier molecular flexibility index (Phi) is 4.47. The first kappa shape index (κ1) is 15.7. The van der Waals surface area contributed by atoms with E-state index in [1.165, 1.54) is 0 Å². The van der Waals surface area contributed by atoms with E-state index in [0.717, 1.165) is 49.6 Å². The van der Waals surface area contributed by atoms with Crippen LogP contribution in [0.15, 0.2) is 18.5 Å². The van der Waals surface area contributed by atoms with E-state index in [9.17, 15) is 0 Å². The average Bonchev–Trinajstić information content (AvgIpc) is 2.88. The van der Waals surface area contributed by atoms with Crippen molar-refractivity contribution in [3.63, 3.8) is 0 Å². The van der Waals surface area contributed by atoms with Gasteiger partial charge in [-0.3, -0.25) is 0 Å².